The standard InChI is InChI=1S/C21H25F3N2O4S/c1-4-31(28,29)30-19-7-5-6-16(12-19)14-26(13-15(2)3)20(27)25-18-10-8-17(9-11-18)21(22,23)24/h5-12,15H,4,13-14H2,1-3H3,(H,25,27). The lowest BCUT2D eigenvalue weighted by molar-refractivity contribution is -0.137. The molecular weight excluding hydrogens is 433 g/mol. The van der Waals surface area contributed by atoms with Crippen molar-refractivity contribution in [2.75, 3.05) is 17.6 Å². The monoisotopic (exact) mass is 458 g/mol. The molecule has 0 aliphatic rings. The van der Waals surface area contributed by atoms with E-state index in [1.54, 1.807) is 12.1 Å². The number of benzene rings is 2. The van der Waals surface area contributed by atoms with E-state index in [0.717, 1.165) is 12.1 Å². The molecule has 0 spiro atoms. The second-order valence-corrected chi connectivity index (χ2v) is 9.22. The van der Waals surface area contributed by atoms with E-state index in [2.05, 4.69) is 5.32 Å². The molecule has 31 heavy (non-hydrogen) atoms. The highest BCUT2D eigenvalue weighted by atomic mass is 32.2. The molecule has 0 radical (unpaired) electrons. The maximum Gasteiger partial charge on any atom is 0.416 e. The molecule has 0 unspecified atom stereocenters. The third-order valence-corrected chi connectivity index (χ3v) is 5.34. The smallest absolute Gasteiger partial charge is 0.382 e. The van der Waals surface area contributed by atoms with E-state index < -0.39 is 27.9 Å². The quantitative estimate of drug-likeness (QED) is 0.557. The van der Waals surface area contributed by atoms with E-state index in [4.69, 9.17) is 4.18 Å². The number of carbonyl (C=O) groups is 1. The fraction of sp³-hybridized carbons (Fsp3) is 0.381. The van der Waals surface area contributed by atoms with Crippen LogP contribution in [0.15, 0.2) is 48.5 Å². The summed E-state index contributed by atoms with van der Waals surface area (Å²) in [6, 6.07) is 10.1. The predicted molar refractivity (Wildman–Crippen MR) is 112 cm³/mol. The van der Waals surface area contributed by atoms with E-state index in [-0.39, 0.29) is 29.7 Å². The summed E-state index contributed by atoms with van der Waals surface area (Å²) in [6.07, 6.45) is -4.45. The van der Waals surface area contributed by atoms with Gasteiger partial charge in [0.1, 0.15) is 5.75 Å². The summed E-state index contributed by atoms with van der Waals surface area (Å²) in [7, 11) is -3.68. The average Bonchev–Trinajstić information content (AvgIpc) is 2.67. The molecule has 0 heterocycles. The van der Waals surface area contributed by atoms with Crippen LogP contribution in [0.25, 0.3) is 0 Å². The minimum absolute atomic E-state index is 0.123. The maximum atomic E-state index is 12.8. The van der Waals surface area contributed by atoms with Crippen LogP contribution in [0.2, 0.25) is 0 Å². The van der Waals surface area contributed by atoms with Gasteiger partial charge in [-0.2, -0.15) is 21.6 Å². The number of hydrogen-bond acceptors (Lipinski definition) is 4. The van der Waals surface area contributed by atoms with Crippen molar-refractivity contribution in [1.29, 1.82) is 0 Å². The van der Waals surface area contributed by atoms with Gasteiger partial charge in [0, 0.05) is 18.8 Å². The highest BCUT2D eigenvalue weighted by Gasteiger charge is 2.30. The van der Waals surface area contributed by atoms with Crippen LogP contribution in [-0.2, 0) is 22.8 Å². The van der Waals surface area contributed by atoms with Gasteiger partial charge in [-0.3, -0.25) is 0 Å². The van der Waals surface area contributed by atoms with Crippen LogP contribution in [-0.4, -0.2) is 31.6 Å². The summed E-state index contributed by atoms with van der Waals surface area (Å²) in [6.45, 7) is 5.85. The van der Waals surface area contributed by atoms with E-state index in [9.17, 15) is 26.4 Å². The normalized spacial score (nSPS) is 12.0. The lowest BCUT2D eigenvalue weighted by Crippen LogP contribution is -2.37. The average molecular weight is 459 g/mol. The Hall–Kier alpha value is -2.75. The summed E-state index contributed by atoms with van der Waals surface area (Å²) in [5.41, 5.74) is 0.0771. The second kappa shape index (κ2) is 10.0. The van der Waals surface area contributed by atoms with Crippen molar-refractivity contribution in [3.05, 3.63) is 59.7 Å². The number of rotatable bonds is 8. The first-order chi connectivity index (χ1) is 14.4. The van der Waals surface area contributed by atoms with Crippen LogP contribution in [0.4, 0.5) is 23.7 Å². The molecule has 170 valence electrons. The number of carbonyl (C=O) groups excluding carboxylic acids is 1. The first-order valence-corrected chi connectivity index (χ1v) is 11.2. The molecule has 2 amide bonds. The summed E-state index contributed by atoms with van der Waals surface area (Å²) in [5.74, 6) is 0.0944. The summed E-state index contributed by atoms with van der Waals surface area (Å²) in [5, 5.41) is 2.60. The van der Waals surface area contributed by atoms with E-state index in [1.165, 1.54) is 36.1 Å². The van der Waals surface area contributed by atoms with Gasteiger partial charge in [-0.25, -0.2) is 4.79 Å². The minimum Gasteiger partial charge on any atom is -0.382 e. The Morgan fingerprint density at radius 2 is 1.77 bits per heavy atom. The molecule has 6 nitrogen and oxygen atoms in total. The van der Waals surface area contributed by atoms with Crippen molar-refractivity contribution in [3.8, 4) is 5.75 Å². The molecule has 2 aromatic rings. The number of amides is 2. The van der Waals surface area contributed by atoms with Gasteiger partial charge >= 0.3 is 22.3 Å². The Morgan fingerprint density at radius 3 is 2.32 bits per heavy atom. The molecule has 0 aliphatic heterocycles. The van der Waals surface area contributed by atoms with Gasteiger partial charge in [0.05, 0.1) is 11.3 Å². The number of halogens is 3. The van der Waals surface area contributed by atoms with E-state index >= 15 is 0 Å². The van der Waals surface area contributed by atoms with Crippen molar-refractivity contribution in [3.63, 3.8) is 0 Å². The second-order valence-electron chi connectivity index (χ2n) is 7.36. The molecule has 0 fully saturated rings. The molecule has 1 N–H and O–H groups in total. The van der Waals surface area contributed by atoms with Crippen LogP contribution in [0, 0.1) is 5.92 Å². The first-order valence-electron chi connectivity index (χ1n) is 9.64. The number of nitrogens with zero attached hydrogens (tertiary/aromatic N) is 1. The fourth-order valence-corrected chi connectivity index (χ4v) is 3.24. The van der Waals surface area contributed by atoms with Crippen LogP contribution in [0.5, 0.6) is 5.75 Å². The Labute approximate surface area is 180 Å². The molecule has 0 aromatic heterocycles. The molecule has 2 aromatic carbocycles. The largest absolute Gasteiger partial charge is 0.416 e. The van der Waals surface area contributed by atoms with Crippen LogP contribution in [0.1, 0.15) is 31.9 Å². The zero-order valence-corrected chi connectivity index (χ0v) is 18.3. The lowest BCUT2D eigenvalue weighted by Gasteiger charge is -2.25. The highest BCUT2D eigenvalue weighted by Crippen LogP contribution is 2.30. The zero-order chi connectivity index (χ0) is 23.2. The number of alkyl halides is 3. The predicted octanol–water partition coefficient (Wildman–Crippen LogP) is 5.12. The molecule has 10 heteroatoms. The SMILES string of the molecule is CCS(=O)(=O)Oc1cccc(CN(CC(C)C)C(=O)Nc2ccc(C(F)(F)F)cc2)c1. The Morgan fingerprint density at radius 1 is 1.13 bits per heavy atom. The molecule has 0 aliphatic carbocycles. The first kappa shape index (κ1) is 24.5. The van der Waals surface area contributed by atoms with Gasteiger partial charge in [0.15, 0.2) is 0 Å². The van der Waals surface area contributed by atoms with Gasteiger partial charge in [0.2, 0.25) is 0 Å². The number of hydrogen-bond donors (Lipinski definition) is 1. The molecule has 0 saturated heterocycles. The molecule has 0 atom stereocenters. The lowest BCUT2D eigenvalue weighted by atomic mass is 10.1. The molecule has 0 bridgehead atoms. The minimum atomic E-state index is -4.45. The van der Waals surface area contributed by atoms with Crippen LogP contribution >= 0.6 is 0 Å². The van der Waals surface area contributed by atoms with Crippen molar-refractivity contribution >= 4 is 21.8 Å². The molecular formula is C21H25F3N2O4S. The van der Waals surface area contributed by atoms with Gasteiger partial charge in [-0.15, -0.1) is 0 Å². The third-order valence-electron chi connectivity index (χ3n) is 4.18. The molecule has 0 saturated carbocycles. The van der Waals surface area contributed by atoms with Crippen LogP contribution in [0.3, 0.4) is 0 Å². The van der Waals surface area contributed by atoms with Gasteiger partial charge in [0.25, 0.3) is 0 Å². The highest BCUT2D eigenvalue weighted by molar-refractivity contribution is 7.87. The van der Waals surface area contributed by atoms with Crippen molar-refractivity contribution < 1.29 is 30.6 Å². The summed E-state index contributed by atoms with van der Waals surface area (Å²) >= 11 is 0. The van der Waals surface area contributed by atoms with E-state index in [0.29, 0.717) is 12.1 Å². The van der Waals surface area contributed by atoms with E-state index in [1.807, 2.05) is 13.8 Å². The van der Waals surface area contributed by atoms with Crippen molar-refractivity contribution in [2.45, 2.75) is 33.5 Å². The van der Waals surface area contributed by atoms with Gasteiger partial charge < -0.3 is 14.4 Å². The Balaban J connectivity index is 2.15. The Bertz CT molecular complexity index is 990. The van der Waals surface area contributed by atoms with Crippen molar-refractivity contribution in [2.24, 2.45) is 5.92 Å². The van der Waals surface area contributed by atoms with Crippen LogP contribution < -0.4 is 9.50 Å². The number of anilines is 1. The fourth-order valence-electron chi connectivity index (χ4n) is 2.73. The van der Waals surface area contributed by atoms with Gasteiger partial charge in [-0.05, 0) is 54.8 Å². The topological polar surface area (TPSA) is 75.7 Å². The number of urea groups is 1. The summed E-state index contributed by atoms with van der Waals surface area (Å²) in [4.78, 5) is 14.3. The molecule has 2 rings (SSSR count). The number of nitrogens with one attached hydrogen (secondary N) is 1. The zero-order valence-electron chi connectivity index (χ0n) is 17.4. The summed E-state index contributed by atoms with van der Waals surface area (Å²) < 4.78 is 66.5. The van der Waals surface area contributed by atoms with Crippen molar-refractivity contribution in [1.82, 2.24) is 4.90 Å². The van der Waals surface area contributed by atoms with Gasteiger partial charge in [-0.1, -0.05) is 26.0 Å². The Kier molecular flexibility index (Phi) is 7.94. The third kappa shape index (κ3) is 7.78. The maximum absolute atomic E-state index is 12.8.